The van der Waals surface area contributed by atoms with Crippen molar-refractivity contribution < 1.29 is 14.3 Å². The van der Waals surface area contributed by atoms with Crippen LogP contribution < -0.4 is 9.64 Å². The van der Waals surface area contributed by atoms with Crippen LogP contribution in [-0.2, 0) is 9.53 Å². The van der Waals surface area contributed by atoms with Crippen LogP contribution >= 0.6 is 11.6 Å². The number of ether oxygens (including phenoxy) is 2. The number of hydrogen-bond donors (Lipinski definition) is 0. The Balaban J connectivity index is 2.24. The van der Waals surface area contributed by atoms with Crippen LogP contribution in [0.15, 0.2) is 24.3 Å². The van der Waals surface area contributed by atoms with Gasteiger partial charge >= 0.3 is 12.0 Å². The predicted octanol–water partition coefficient (Wildman–Crippen LogP) is 3.46. The van der Waals surface area contributed by atoms with Crippen molar-refractivity contribution >= 4 is 29.1 Å². The van der Waals surface area contributed by atoms with E-state index in [9.17, 15) is 4.79 Å². The first-order valence-electron chi connectivity index (χ1n) is 7.55. The van der Waals surface area contributed by atoms with Crippen LogP contribution in [0, 0.1) is 13.8 Å². The fourth-order valence-electron chi connectivity index (χ4n) is 2.17. The number of aromatic nitrogens is 2. The van der Waals surface area contributed by atoms with Crippen molar-refractivity contribution in [3.8, 4) is 6.01 Å². The summed E-state index contributed by atoms with van der Waals surface area (Å²) in [6.07, 6.45) is 0. The minimum atomic E-state index is -0.481. The Morgan fingerprint density at radius 2 is 2.04 bits per heavy atom. The molecule has 0 saturated heterocycles. The van der Waals surface area contributed by atoms with E-state index in [0.29, 0.717) is 12.4 Å². The Bertz CT molecular complexity index is 737. The summed E-state index contributed by atoms with van der Waals surface area (Å²) in [6, 6.07) is 7.70. The van der Waals surface area contributed by atoms with E-state index in [4.69, 9.17) is 21.1 Å². The zero-order valence-corrected chi connectivity index (χ0v) is 14.9. The quantitative estimate of drug-likeness (QED) is 0.588. The molecule has 2 aromatic rings. The van der Waals surface area contributed by atoms with Gasteiger partial charge in [0.2, 0.25) is 0 Å². The van der Waals surface area contributed by atoms with E-state index in [-0.39, 0.29) is 17.8 Å². The summed E-state index contributed by atoms with van der Waals surface area (Å²) < 4.78 is 10.1. The minimum absolute atomic E-state index is 0.0303. The molecule has 0 fully saturated rings. The van der Waals surface area contributed by atoms with Gasteiger partial charge in [0, 0.05) is 18.8 Å². The van der Waals surface area contributed by atoms with E-state index in [1.54, 1.807) is 13.0 Å². The maximum absolute atomic E-state index is 11.4. The van der Waals surface area contributed by atoms with Crippen LogP contribution in [0.2, 0.25) is 5.15 Å². The number of anilines is 2. The van der Waals surface area contributed by atoms with Crippen LogP contribution in [0.5, 0.6) is 6.01 Å². The smallest absolute Gasteiger partial charge is 0.344 e. The maximum atomic E-state index is 11.4. The highest BCUT2D eigenvalue weighted by molar-refractivity contribution is 6.29. The number of benzene rings is 1. The number of esters is 1. The summed E-state index contributed by atoms with van der Waals surface area (Å²) in [7, 11) is 1.88. The molecule has 0 atom stereocenters. The molecule has 2 rings (SSSR count). The Morgan fingerprint density at radius 1 is 1.29 bits per heavy atom. The molecule has 0 amide bonds. The maximum Gasteiger partial charge on any atom is 0.344 e. The molecule has 7 heteroatoms. The van der Waals surface area contributed by atoms with E-state index >= 15 is 0 Å². The second-order valence-corrected chi connectivity index (χ2v) is 5.59. The van der Waals surface area contributed by atoms with Crippen LogP contribution in [0.25, 0.3) is 0 Å². The molecule has 0 radical (unpaired) electrons. The number of nitrogens with zero attached hydrogens (tertiary/aromatic N) is 3. The molecular weight excluding hydrogens is 330 g/mol. The van der Waals surface area contributed by atoms with Gasteiger partial charge in [0.15, 0.2) is 6.61 Å². The number of halogens is 1. The van der Waals surface area contributed by atoms with Crippen molar-refractivity contribution in [2.75, 3.05) is 25.2 Å². The highest BCUT2D eigenvalue weighted by atomic mass is 35.5. The molecule has 24 heavy (non-hydrogen) atoms. The van der Waals surface area contributed by atoms with Crippen LogP contribution in [0.3, 0.4) is 0 Å². The molecule has 0 aliphatic heterocycles. The predicted molar refractivity (Wildman–Crippen MR) is 93.1 cm³/mol. The van der Waals surface area contributed by atoms with E-state index in [0.717, 1.165) is 11.3 Å². The summed E-state index contributed by atoms with van der Waals surface area (Å²) in [5, 5.41) is 0.232. The van der Waals surface area contributed by atoms with Gasteiger partial charge in [-0.25, -0.2) is 4.79 Å². The Morgan fingerprint density at radius 3 is 2.75 bits per heavy atom. The third-order valence-corrected chi connectivity index (χ3v) is 3.76. The molecule has 1 aromatic carbocycles. The molecule has 128 valence electrons. The lowest BCUT2D eigenvalue weighted by Crippen LogP contribution is -2.17. The van der Waals surface area contributed by atoms with E-state index in [1.165, 1.54) is 5.56 Å². The standard InChI is InChI=1S/C17H20ClN3O3/c1-5-23-16(22)10-24-17-19-14(18)9-15(20-17)21(4)13-8-6-7-11(2)12(13)3/h6-9H,5,10H2,1-4H3. The normalized spacial score (nSPS) is 10.4. The number of hydrogen-bond acceptors (Lipinski definition) is 6. The van der Waals surface area contributed by atoms with E-state index < -0.39 is 5.97 Å². The molecule has 0 bridgehead atoms. The van der Waals surface area contributed by atoms with Crippen LogP contribution in [0.1, 0.15) is 18.1 Å². The minimum Gasteiger partial charge on any atom is -0.463 e. The van der Waals surface area contributed by atoms with Gasteiger partial charge in [0.05, 0.1) is 6.61 Å². The lowest BCUT2D eigenvalue weighted by molar-refractivity contribution is -0.145. The molecule has 0 aliphatic carbocycles. The number of carbonyl (C=O) groups is 1. The largest absolute Gasteiger partial charge is 0.463 e. The molecule has 6 nitrogen and oxygen atoms in total. The molecule has 0 N–H and O–H groups in total. The molecule has 0 aliphatic rings. The highest BCUT2D eigenvalue weighted by Crippen LogP contribution is 2.29. The zero-order chi connectivity index (χ0) is 17.7. The Kier molecular flexibility index (Phi) is 5.98. The lowest BCUT2D eigenvalue weighted by Gasteiger charge is -2.22. The monoisotopic (exact) mass is 349 g/mol. The van der Waals surface area contributed by atoms with Crippen LogP contribution in [-0.4, -0.2) is 36.2 Å². The van der Waals surface area contributed by atoms with Crippen molar-refractivity contribution in [2.24, 2.45) is 0 Å². The van der Waals surface area contributed by atoms with Gasteiger partial charge in [0.1, 0.15) is 11.0 Å². The molecule has 1 aromatic heterocycles. The van der Waals surface area contributed by atoms with E-state index in [2.05, 4.69) is 9.97 Å². The van der Waals surface area contributed by atoms with Gasteiger partial charge in [0.25, 0.3) is 0 Å². The van der Waals surface area contributed by atoms with Gasteiger partial charge in [-0.1, -0.05) is 23.7 Å². The van der Waals surface area contributed by atoms with Gasteiger partial charge in [-0.05, 0) is 38.0 Å². The van der Waals surface area contributed by atoms with Crippen molar-refractivity contribution in [1.29, 1.82) is 0 Å². The second kappa shape index (κ2) is 7.97. The van der Waals surface area contributed by atoms with Crippen molar-refractivity contribution in [3.63, 3.8) is 0 Å². The lowest BCUT2D eigenvalue weighted by atomic mass is 10.1. The average Bonchev–Trinajstić information content (AvgIpc) is 2.55. The molecule has 0 spiro atoms. The van der Waals surface area contributed by atoms with Crippen molar-refractivity contribution in [1.82, 2.24) is 9.97 Å². The van der Waals surface area contributed by atoms with Gasteiger partial charge < -0.3 is 14.4 Å². The fraction of sp³-hybridized carbons (Fsp3) is 0.353. The molecule has 0 saturated carbocycles. The van der Waals surface area contributed by atoms with Crippen molar-refractivity contribution in [2.45, 2.75) is 20.8 Å². The number of aryl methyl sites for hydroxylation is 1. The highest BCUT2D eigenvalue weighted by Gasteiger charge is 2.14. The Hall–Kier alpha value is -2.34. The molecular formula is C17H20ClN3O3. The fourth-order valence-corrected chi connectivity index (χ4v) is 2.34. The van der Waals surface area contributed by atoms with Crippen molar-refractivity contribution in [3.05, 3.63) is 40.5 Å². The summed E-state index contributed by atoms with van der Waals surface area (Å²) in [5.41, 5.74) is 3.32. The first-order chi connectivity index (χ1) is 11.4. The second-order valence-electron chi connectivity index (χ2n) is 5.20. The number of carbonyl (C=O) groups excluding carboxylic acids is 1. The third-order valence-electron chi connectivity index (χ3n) is 3.57. The third kappa shape index (κ3) is 4.35. The van der Waals surface area contributed by atoms with Gasteiger partial charge in [-0.3, -0.25) is 0 Å². The summed E-state index contributed by atoms with van der Waals surface area (Å²) in [5.74, 6) is 0.0908. The Labute approximate surface area is 146 Å². The summed E-state index contributed by atoms with van der Waals surface area (Å²) in [6.45, 7) is 5.85. The topological polar surface area (TPSA) is 64.6 Å². The summed E-state index contributed by atoms with van der Waals surface area (Å²) in [4.78, 5) is 21.6. The first kappa shape index (κ1) is 18.0. The summed E-state index contributed by atoms with van der Waals surface area (Å²) >= 11 is 6.06. The van der Waals surface area contributed by atoms with Gasteiger partial charge in [-0.15, -0.1) is 0 Å². The average molecular weight is 350 g/mol. The zero-order valence-electron chi connectivity index (χ0n) is 14.2. The number of rotatable bonds is 6. The molecule has 1 heterocycles. The first-order valence-corrected chi connectivity index (χ1v) is 7.93. The SMILES string of the molecule is CCOC(=O)COc1nc(Cl)cc(N(C)c2cccc(C)c2C)n1. The van der Waals surface area contributed by atoms with E-state index in [1.807, 2.05) is 44.0 Å². The molecule has 0 unspecified atom stereocenters. The van der Waals surface area contributed by atoms with Crippen LogP contribution in [0.4, 0.5) is 11.5 Å². The van der Waals surface area contributed by atoms with Gasteiger partial charge in [-0.2, -0.15) is 9.97 Å².